The average molecular weight is 162 g/mol. The van der Waals surface area contributed by atoms with E-state index in [9.17, 15) is 9.59 Å². The number of aldehydes is 1. The van der Waals surface area contributed by atoms with Crippen LogP contribution in [0.25, 0.3) is 11.0 Å². The lowest BCUT2D eigenvalue weighted by atomic mass is 10.3. The van der Waals surface area contributed by atoms with Gasteiger partial charge in [0, 0.05) is 6.20 Å². The fourth-order valence-electron chi connectivity index (χ4n) is 1.11. The van der Waals surface area contributed by atoms with Crippen LogP contribution in [0.2, 0.25) is 0 Å². The van der Waals surface area contributed by atoms with Crippen molar-refractivity contribution in [2.45, 2.75) is 0 Å². The Hall–Kier alpha value is -1.84. The summed E-state index contributed by atoms with van der Waals surface area (Å²) in [5.41, 5.74) is 1.27. The number of hydrogen-bond acceptors (Lipinski definition) is 2. The molecule has 0 fully saturated rings. The molecule has 4 nitrogen and oxygen atoms in total. The molecule has 0 amide bonds. The highest BCUT2D eigenvalue weighted by Crippen LogP contribution is 2.06. The van der Waals surface area contributed by atoms with Gasteiger partial charge in [-0.1, -0.05) is 0 Å². The molecule has 0 aliphatic carbocycles. The summed E-state index contributed by atoms with van der Waals surface area (Å²) >= 11 is 0. The molecule has 0 saturated carbocycles. The summed E-state index contributed by atoms with van der Waals surface area (Å²) in [6.07, 6.45) is 2.24. The van der Waals surface area contributed by atoms with Crippen molar-refractivity contribution in [2.24, 2.45) is 0 Å². The Labute approximate surface area is 67.2 Å². The first kappa shape index (κ1) is 6.84. The van der Waals surface area contributed by atoms with Gasteiger partial charge in [-0.2, -0.15) is 0 Å². The van der Waals surface area contributed by atoms with Crippen molar-refractivity contribution < 1.29 is 4.79 Å². The predicted octanol–water partition coefficient (Wildman–Crippen LogP) is 0.669. The molecule has 0 aromatic carbocycles. The summed E-state index contributed by atoms with van der Waals surface area (Å²) in [6.45, 7) is 0. The van der Waals surface area contributed by atoms with Crippen LogP contribution in [0.4, 0.5) is 0 Å². The number of aromatic amines is 2. The van der Waals surface area contributed by atoms with Crippen molar-refractivity contribution in [3.05, 3.63) is 34.2 Å². The number of aromatic nitrogens is 2. The molecule has 0 radical (unpaired) electrons. The summed E-state index contributed by atoms with van der Waals surface area (Å²) in [6, 6.07) is 3.27. The Morgan fingerprint density at radius 2 is 2.17 bits per heavy atom. The van der Waals surface area contributed by atoms with Crippen LogP contribution < -0.4 is 5.56 Å². The van der Waals surface area contributed by atoms with Crippen molar-refractivity contribution in [1.29, 1.82) is 0 Å². The van der Waals surface area contributed by atoms with E-state index in [0.29, 0.717) is 11.8 Å². The van der Waals surface area contributed by atoms with Gasteiger partial charge in [-0.15, -0.1) is 0 Å². The number of pyridine rings is 1. The summed E-state index contributed by atoms with van der Waals surface area (Å²) in [5.74, 6) is 0. The number of nitrogens with one attached hydrogen (secondary N) is 2. The number of carbonyl (C=O) groups is 1. The highest BCUT2D eigenvalue weighted by atomic mass is 16.1. The molecule has 2 rings (SSSR count). The highest BCUT2D eigenvalue weighted by Gasteiger charge is 2.00. The smallest absolute Gasteiger partial charge is 0.259 e. The molecule has 2 aromatic heterocycles. The van der Waals surface area contributed by atoms with Crippen molar-refractivity contribution in [1.82, 2.24) is 9.97 Å². The Kier molecular flexibility index (Phi) is 1.33. The van der Waals surface area contributed by atoms with Crippen molar-refractivity contribution in [2.75, 3.05) is 0 Å². The lowest BCUT2D eigenvalue weighted by Gasteiger charge is -1.90. The third kappa shape index (κ3) is 0.852. The van der Waals surface area contributed by atoms with Crippen LogP contribution in [0, 0.1) is 0 Å². The number of fused-ring (bicyclic) bond motifs is 1. The largest absolute Gasteiger partial charge is 0.360 e. The van der Waals surface area contributed by atoms with Gasteiger partial charge in [0.2, 0.25) is 0 Å². The number of rotatable bonds is 1. The molecule has 60 valence electrons. The van der Waals surface area contributed by atoms with Crippen LogP contribution in [-0.2, 0) is 0 Å². The van der Waals surface area contributed by atoms with E-state index in [0.717, 1.165) is 5.52 Å². The first-order valence-corrected chi connectivity index (χ1v) is 3.47. The molecule has 2 heterocycles. The first-order chi connectivity index (χ1) is 5.81. The lowest BCUT2D eigenvalue weighted by molar-refractivity contribution is 0.112. The quantitative estimate of drug-likeness (QED) is 0.605. The zero-order valence-corrected chi connectivity index (χ0v) is 6.13. The molecule has 2 N–H and O–H groups in total. The average Bonchev–Trinajstić information content (AvgIpc) is 2.49. The van der Waals surface area contributed by atoms with Crippen LogP contribution in [0.3, 0.4) is 0 Å². The predicted molar refractivity (Wildman–Crippen MR) is 44.3 cm³/mol. The van der Waals surface area contributed by atoms with Gasteiger partial charge >= 0.3 is 0 Å². The fourth-order valence-corrected chi connectivity index (χ4v) is 1.11. The van der Waals surface area contributed by atoms with E-state index in [1.54, 1.807) is 12.3 Å². The molecule has 2 aromatic rings. The Morgan fingerprint density at radius 1 is 1.33 bits per heavy atom. The van der Waals surface area contributed by atoms with E-state index >= 15 is 0 Å². The Morgan fingerprint density at radius 3 is 2.92 bits per heavy atom. The molecular formula is C8H6N2O2. The minimum absolute atomic E-state index is 0.143. The maximum Gasteiger partial charge on any atom is 0.259 e. The second-order valence-corrected chi connectivity index (χ2v) is 2.48. The van der Waals surface area contributed by atoms with Crippen LogP contribution in [-0.4, -0.2) is 16.3 Å². The maximum atomic E-state index is 11.1. The zero-order valence-electron chi connectivity index (χ0n) is 6.13. The van der Waals surface area contributed by atoms with Gasteiger partial charge < -0.3 is 9.97 Å². The highest BCUT2D eigenvalue weighted by molar-refractivity contribution is 5.83. The fraction of sp³-hybridized carbons (Fsp3) is 0. The standard InChI is InChI=1S/C8H6N2O2/c11-4-5-3-7-6(1-2-9-7)10-8(5)12/h1-4,9H,(H,10,12). The Balaban J connectivity index is 2.90. The molecule has 0 aliphatic rings. The van der Waals surface area contributed by atoms with Crippen molar-refractivity contribution >= 4 is 17.3 Å². The third-order valence-corrected chi connectivity index (χ3v) is 1.72. The molecule has 0 unspecified atom stereocenters. The Bertz CT molecular complexity index is 481. The lowest BCUT2D eigenvalue weighted by Crippen LogP contribution is -2.10. The number of H-pyrrole nitrogens is 2. The molecule has 12 heavy (non-hydrogen) atoms. The molecule has 0 saturated heterocycles. The zero-order chi connectivity index (χ0) is 8.55. The van der Waals surface area contributed by atoms with Crippen molar-refractivity contribution in [3.63, 3.8) is 0 Å². The molecule has 0 aliphatic heterocycles. The van der Waals surface area contributed by atoms with Gasteiger partial charge in [-0.25, -0.2) is 0 Å². The van der Waals surface area contributed by atoms with Gasteiger partial charge in [0.25, 0.3) is 5.56 Å². The number of hydrogen-bond donors (Lipinski definition) is 2. The monoisotopic (exact) mass is 162 g/mol. The van der Waals surface area contributed by atoms with E-state index in [2.05, 4.69) is 9.97 Å². The topological polar surface area (TPSA) is 65.7 Å². The number of carbonyl (C=O) groups excluding carboxylic acids is 1. The van der Waals surface area contributed by atoms with Gasteiger partial charge in [0.15, 0.2) is 6.29 Å². The summed E-state index contributed by atoms with van der Waals surface area (Å²) in [5, 5.41) is 0. The third-order valence-electron chi connectivity index (χ3n) is 1.72. The van der Waals surface area contributed by atoms with E-state index in [1.807, 2.05) is 0 Å². The molecule has 0 spiro atoms. The SMILES string of the molecule is O=Cc1cc2[nH]ccc2[nH]c1=O. The minimum Gasteiger partial charge on any atom is -0.360 e. The maximum absolute atomic E-state index is 11.1. The van der Waals surface area contributed by atoms with Gasteiger partial charge in [-0.3, -0.25) is 9.59 Å². The molecule has 0 atom stereocenters. The van der Waals surface area contributed by atoms with E-state index in [1.165, 1.54) is 6.07 Å². The normalized spacial score (nSPS) is 10.3. The molecular weight excluding hydrogens is 156 g/mol. The van der Waals surface area contributed by atoms with Gasteiger partial charge in [0.05, 0.1) is 16.6 Å². The minimum atomic E-state index is -0.350. The summed E-state index contributed by atoms with van der Waals surface area (Å²) < 4.78 is 0. The van der Waals surface area contributed by atoms with Crippen LogP contribution in [0.1, 0.15) is 10.4 Å². The van der Waals surface area contributed by atoms with Gasteiger partial charge in [-0.05, 0) is 12.1 Å². The van der Waals surface area contributed by atoms with Crippen LogP contribution in [0.5, 0.6) is 0 Å². The van der Waals surface area contributed by atoms with E-state index in [-0.39, 0.29) is 11.1 Å². The summed E-state index contributed by atoms with van der Waals surface area (Å²) in [7, 11) is 0. The molecule has 0 bridgehead atoms. The van der Waals surface area contributed by atoms with Crippen molar-refractivity contribution in [3.8, 4) is 0 Å². The van der Waals surface area contributed by atoms with Crippen LogP contribution in [0.15, 0.2) is 23.1 Å². The van der Waals surface area contributed by atoms with E-state index < -0.39 is 0 Å². The second-order valence-electron chi connectivity index (χ2n) is 2.48. The van der Waals surface area contributed by atoms with Gasteiger partial charge in [0.1, 0.15) is 0 Å². The molecule has 4 heteroatoms. The van der Waals surface area contributed by atoms with E-state index in [4.69, 9.17) is 0 Å². The first-order valence-electron chi connectivity index (χ1n) is 3.47. The second kappa shape index (κ2) is 2.34. The van der Waals surface area contributed by atoms with Crippen LogP contribution >= 0.6 is 0 Å². The summed E-state index contributed by atoms with van der Waals surface area (Å²) in [4.78, 5) is 26.9.